The van der Waals surface area contributed by atoms with E-state index in [9.17, 15) is 18.4 Å². The largest absolute Gasteiger partial charge is 0.481 e. The van der Waals surface area contributed by atoms with E-state index in [4.69, 9.17) is 5.11 Å². The number of amides is 1. The Bertz CT molecular complexity index is 574. The van der Waals surface area contributed by atoms with Gasteiger partial charge in [-0.05, 0) is 31.9 Å². The van der Waals surface area contributed by atoms with Crippen molar-refractivity contribution >= 4 is 11.9 Å². The molecule has 2 atom stereocenters. The zero-order valence-electron chi connectivity index (χ0n) is 11.2. The van der Waals surface area contributed by atoms with Crippen LogP contribution in [0.5, 0.6) is 0 Å². The highest BCUT2D eigenvalue weighted by Gasteiger charge is 2.39. The highest BCUT2D eigenvalue weighted by atomic mass is 19.1. The zero-order valence-corrected chi connectivity index (χ0v) is 11.2. The summed E-state index contributed by atoms with van der Waals surface area (Å²) in [5.74, 6) is -4.31. The van der Waals surface area contributed by atoms with Gasteiger partial charge in [-0.3, -0.25) is 9.59 Å². The van der Waals surface area contributed by atoms with Gasteiger partial charge < -0.3 is 10.0 Å². The van der Waals surface area contributed by atoms with Crippen molar-refractivity contribution in [2.45, 2.75) is 26.3 Å². The summed E-state index contributed by atoms with van der Waals surface area (Å²) in [4.78, 5) is 24.5. The summed E-state index contributed by atoms with van der Waals surface area (Å²) in [6.45, 7) is 3.21. The van der Waals surface area contributed by atoms with E-state index in [1.807, 2.05) is 0 Å². The molecule has 4 nitrogen and oxygen atoms in total. The van der Waals surface area contributed by atoms with Crippen LogP contribution in [-0.4, -0.2) is 34.5 Å². The SMILES string of the molecule is Cc1ccc(F)c(C(=O)N2CCC(C(=O)O)C2C)c1F. The van der Waals surface area contributed by atoms with Crippen LogP contribution in [0.3, 0.4) is 0 Å². The van der Waals surface area contributed by atoms with Crippen molar-refractivity contribution in [3.05, 3.63) is 34.9 Å². The Balaban J connectivity index is 2.34. The lowest BCUT2D eigenvalue weighted by Gasteiger charge is -2.24. The Labute approximate surface area is 115 Å². The lowest BCUT2D eigenvalue weighted by Crippen LogP contribution is -2.38. The summed E-state index contributed by atoms with van der Waals surface area (Å²) in [5, 5.41) is 9.02. The van der Waals surface area contributed by atoms with Gasteiger partial charge in [0.2, 0.25) is 0 Å². The van der Waals surface area contributed by atoms with Crippen LogP contribution < -0.4 is 0 Å². The first kappa shape index (κ1) is 14.4. The Morgan fingerprint density at radius 2 is 2.00 bits per heavy atom. The van der Waals surface area contributed by atoms with Crippen molar-refractivity contribution in [1.29, 1.82) is 0 Å². The molecule has 1 aromatic carbocycles. The van der Waals surface area contributed by atoms with Crippen LogP contribution in [-0.2, 0) is 4.79 Å². The molecule has 2 unspecified atom stereocenters. The number of carboxylic acids is 1. The number of benzene rings is 1. The van der Waals surface area contributed by atoms with Crippen LogP contribution >= 0.6 is 0 Å². The lowest BCUT2D eigenvalue weighted by atomic mass is 10.0. The molecule has 1 heterocycles. The van der Waals surface area contributed by atoms with Crippen molar-refractivity contribution in [2.75, 3.05) is 6.54 Å². The van der Waals surface area contributed by atoms with Crippen molar-refractivity contribution in [1.82, 2.24) is 4.90 Å². The van der Waals surface area contributed by atoms with E-state index in [0.717, 1.165) is 6.07 Å². The number of hydrogen-bond acceptors (Lipinski definition) is 2. The number of carbonyl (C=O) groups excluding carboxylic acids is 1. The molecule has 1 amide bonds. The zero-order chi connectivity index (χ0) is 15.0. The molecule has 1 aromatic rings. The number of hydrogen-bond donors (Lipinski definition) is 1. The van der Waals surface area contributed by atoms with Crippen LogP contribution in [0.4, 0.5) is 8.78 Å². The molecule has 0 saturated carbocycles. The number of carbonyl (C=O) groups is 2. The van der Waals surface area contributed by atoms with Gasteiger partial charge in [0.15, 0.2) is 0 Å². The Morgan fingerprint density at radius 1 is 1.35 bits per heavy atom. The number of carboxylic acid groups (broad SMARTS) is 1. The Hall–Kier alpha value is -1.98. The fourth-order valence-corrected chi connectivity index (χ4v) is 2.55. The van der Waals surface area contributed by atoms with E-state index < -0.39 is 41.0 Å². The molecular weight excluding hydrogens is 268 g/mol. The van der Waals surface area contributed by atoms with Gasteiger partial charge in [-0.25, -0.2) is 8.78 Å². The van der Waals surface area contributed by atoms with E-state index in [1.165, 1.54) is 17.9 Å². The second-order valence-electron chi connectivity index (χ2n) is 5.03. The van der Waals surface area contributed by atoms with Crippen LogP contribution in [0.2, 0.25) is 0 Å². The van der Waals surface area contributed by atoms with Gasteiger partial charge in [0.05, 0.1) is 5.92 Å². The first-order valence-electron chi connectivity index (χ1n) is 6.33. The minimum absolute atomic E-state index is 0.177. The van der Waals surface area contributed by atoms with E-state index in [1.54, 1.807) is 6.92 Å². The molecule has 0 spiro atoms. The highest BCUT2D eigenvalue weighted by molar-refractivity contribution is 5.95. The molecule has 1 saturated heterocycles. The maximum atomic E-state index is 13.9. The molecular formula is C14H15F2NO3. The van der Waals surface area contributed by atoms with Gasteiger partial charge in [0, 0.05) is 12.6 Å². The van der Waals surface area contributed by atoms with E-state index in [0.29, 0.717) is 0 Å². The minimum atomic E-state index is -1.00. The van der Waals surface area contributed by atoms with Crippen molar-refractivity contribution < 1.29 is 23.5 Å². The normalized spacial score (nSPS) is 22.1. The molecule has 108 valence electrons. The number of halogens is 2. The third-order valence-corrected chi connectivity index (χ3v) is 3.83. The molecule has 6 heteroatoms. The number of aryl methyl sites for hydroxylation is 1. The molecule has 0 aliphatic carbocycles. The van der Waals surface area contributed by atoms with Gasteiger partial charge in [-0.15, -0.1) is 0 Å². The molecule has 1 fully saturated rings. The minimum Gasteiger partial charge on any atom is -0.481 e. The van der Waals surface area contributed by atoms with Crippen molar-refractivity contribution in [3.8, 4) is 0 Å². The van der Waals surface area contributed by atoms with Crippen molar-refractivity contribution in [3.63, 3.8) is 0 Å². The highest BCUT2D eigenvalue weighted by Crippen LogP contribution is 2.28. The third kappa shape index (κ3) is 2.26. The molecule has 2 rings (SSSR count). The summed E-state index contributed by atoms with van der Waals surface area (Å²) < 4.78 is 27.7. The summed E-state index contributed by atoms with van der Waals surface area (Å²) in [5.41, 5.74) is -0.431. The molecule has 20 heavy (non-hydrogen) atoms. The maximum Gasteiger partial charge on any atom is 0.308 e. The summed E-state index contributed by atoms with van der Waals surface area (Å²) in [6, 6.07) is 1.72. The predicted molar refractivity (Wildman–Crippen MR) is 67.3 cm³/mol. The third-order valence-electron chi connectivity index (χ3n) is 3.83. The summed E-state index contributed by atoms with van der Waals surface area (Å²) >= 11 is 0. The quantitative estimate of drug-likeness (QED) is 0.905. The Kier molecular flexibility index (Phi) is 3.74. The van der Waals surface area contributed by atoms with Crippen LogP contribution in [0.15, 0.2) is 12.1 Å². The fourth-order valence-electron chi connectivity index (χ4n) is 2.55. The van der Waals surface area contributed by atoms with Crippen molar-refractivity contribution in [2.24, 2.45) is 5.92 Å². The van der Waals surface area contributed by atoms with Gasteiger partial charge in [0.1, 0.15) is 17.2 Å². The van der Waals surface area contributed by atoms with Crippen LogP contribution in [0, 0.1) is 24.5 Å². The van der Waals surface area contributed by atoms with Gasteiger partial charge >= 0.3 is 5.97 Å². The van der Waals surface area contributed by atoms with Gasteiger partial charge in [0.25, 0.3) is 5.91 Å². The molecule has 1 aliphatic rings. The average Bonchev–Trinajstić information content (AvgIpc) is 2.76. The first-order valence-corrected chi connectivity index (χ1v) is 6.33. The van der Waals surface area contributed by atoms with Crippen LogP contribution in [0.25, 0.3) is 0 Å². The second-order valence-corrected chi connectivity index (χ2v) is 5.03. The lowest BCUT2D eigenvalue weighted by molar-refractivity contribution is -0.142. The molecule has 1 aliphatic heterocycles. The van der Waals surface area contributed by atoms with E-state index >= 15 is 0 Å². The monoisotopic (exact) mass is 283 g/mol. The number of nitrogens with zero attached hydrogens (tertiary/aromatic N) is 1. The molecule has 0 radical (unpaired) electrons. The smallest absolute Gasteiger partial charge is 0.308 e. The van der Waals surface area contributed by atoms with E-state index in [-0.39, 0.29) is 18.5 Å². The standard InChI is InChI=1S/C14H15F2NO3/c1-7-3-4-10(15)11(12(7)16)13(18)17-6-5-9(8(17)2)14(19)20/h3-4,8-9H,5-6H2,1-2H3,(H,19,20). The van der Waals surface area contributed by atoms with Crippen LogP contribution in [0.1, 0.15) is 29.3 Å². The average molecular weight is 283 g/mol. The fraction of sp³-hybridized carbons (Fsp3) is 0.429. The van der Waals surface area contributed by atoms with E-state index in [2.05, 4.69) is 0 Å². The number of likely N-dealkylation sites (tertiary alicyclic amines) is 1. The molecule has 0 bridgehead atoms. The van der Waals surface area contributed by atoms with Gasteiger partial charge in [-0.1, -0.05) is 6.07 Å². The Morgan fingerprint density at radius 3 is 2.55 bits per heavy atom. The maximum absolute atomic E-state index is 13.9. The first-order chi connectivity index (χ1) is 9.34. The predicted octanol–water partition coefficient (Wildman–Crippen LogP) is 2.21. The number of rotatable bonds is 2. The molecule has 0 aromatic heterocycles. The number of aliphatic carboxylic acids is 1. The van der Waals surface area contributed by atoms with Gasteiger partial charge in [-0.2, -0.15) is 0 Å². The summed E-state index contributed by atoms with van der Waals surface area (Å²) in [7, 11) is 0. The summed E-state index contributed by atoms with van der Waals surface area (Å²) in [6.07, 6.45) is 0.289. The second kappa shape index (κ2) is 5.19. The molecule has 1 N–H and O–H groups in total. The topological polar surface area (TPSA) is 57.6 Å².